The van der Waals surface area contributed by atoms with E-state index in [4.69, 9.17) is 4.74 Å². The van der Waals surface area contributed by atoms with E-state index in [0.717, 1.165) is 0 Å². The first kappa shape index (κ1) is 12.9. The standard InChI is InChI=1S/C12H10FN7O/c1-14-10-17-11(20-7-15-6-16-20)19-12(18-10)21-9-5-3-2-4-8(9)13/h2-7H,1H3,(H,14,17,18,19). The number of hydrogen-bond donors (Lipinski definition) is 1. The Morgan fingerprint density at radius 2 is 2.05 bits per heavy atom. The molecule has 21 heavy (non-hydrogen) atoms. The van der Waals surface area contributed by atoms with E-state index in [1.807, 2.05) is 0 Å². The molecule has 0 saturated heterocycles. The van der Waals surface area contributed by atoms with E-state index >= 15 is 0 Å². The molecule has 2 aromatic heterocycles. The summed E-state index contributed by atoms with van der Waals surface area (Å²) in [6, 6.07) is 5.93. The number of hydrogen-bond acceptors (Lipinski definition) is 7. The van der Waals surface area contributed by atoms with Crippen molar-refractivity contribution in [2.45, 2.75) is 0 Å². The van der Waals surface area contributed by atoms with Crippen LogP contribution in [0.3, 0.4) is 0 Å². The van der Waals surface area contributed by atoms with Gasteiger partial charge in [0.05, 0.1) is 0 Å². The topological polar surface area (TPSA) is 90.6 Å². The van der Waals surface area contributed by atoms with Crippen LogP contribution in [0.4, 0.5) is 10.3 Å². The van der Waals surface area contributed by atoms with Gasteiger partial charge in [-0.3, -0.25) is 0 Å². The lowest BCUT2D eigenvalue weighted by Crippen LogP contribution is -2.08. The lowest BCUT2D eigenvalue weighted by molar-refractivity contribution is 0.408. The fourth-order valence-corrected chi connectivity index (χ4v) is 1.54. The second kappa shape index (κ2) is 5.49. The molecule has 3 aromatic rings. The average molecular weight is 287 g/mol. The lowest BCUT2D eigenvalue weighted by atomic mass is 10.3. The van der Waals surface area contributed by atoms with Crippen molar-refractivity contribution in [2.75, 3.05) is 12.4 Å². The molecule has 3 rings (SSSR count). The number of anilines is 1. The normalized spacial score (nSPS) is 10.4. The molecule has 9 heteroatoms. The van der Waals surface area contributed by atoms with Gasteiger partial charge >= 0.3 is 6.01 Å². The first-order valence-electron chi connectivity index (χ1n) is 5.97. The zero-order chi connectivity index (χ0) is 14.7. The number of halogens is 1. The molecule has 1 N–H and O–H groups in total. The van der Waals surface area contributed by atoms with Crippen LogP contribution in [0.5, 0.6) is 11.8 Å². The van der Waals surface area contributed by atoms with Crippen LogP contribution in [0, 0.1) is 5.82 Å². The van der Waals surface area contributed by atoms with Crippen molar-refractivity contribution in [2.24, 2.45) is 0 Å². The molecule has 0 fully saturated rings. The number of ether oxygens (including phenoxy) is 1. The maximum absolute atomic E-state index is 13.6. The van der Waals surface area contributed by atoms with Crippen LogP contribution in [-0.2, 0) is 0 Å². The van der Waals surface area contributed by atoms with Gasteiger partial charge in [0.15, 0.2) is 11.6 Å². The van der Waals surface area contributed by atoms with Crippen molar-refractivity contribution in [1.82, 2.24) is 29.7 Å². The second-order valence-electron chi connectivity index (χ2n) is 3.86. The van der Waals surface area contributed by atoms with Crippen LogP contribution in [0.25, 0.3) is 5.95 Å². The van der Waals surface area contributed by atoms with Crippen molar-refractivity contribution in [3.8, 4) is 17.7 Å². The Bertz CT molecular complexity index is 747. The Hall–Kier alpha value is -3.10. The van der Waals surface area contributed by atoms with Gasteiger partial charge in [0.2, 0.25) is 5.95 Å². The fraction of sp³-hybridized carbons (Fsp3) is 0.0833. The number of benzene rings is 1. The zero-order valence-electron chi connectivity index (χ0n) is 10.9. The van der Waals surface area contributed by atoms with E-state index in [2.05, 4.69) is 30.4 Å². The number of nitrogens with one attached hydrogen (secondary N) is 1. The van der Waals surface area contributed by atoms with Gasteiger partial charge in [-0.25, -0.2) is 9.37 Å². The molecule has 0 amide bonds. The van der Waals surface area contributed by atoms with E-state index in [-0.39, 0.29) is 23.7 Å². The highest BCUT2D eigenvalue weighted by Crippen LogP contribution is 2.22. The quantitative estimate of drug-likeness (QED) is 0.776. The molecule has 0 radical (unpaired) electrons. The van der Waals surface area contributed by atoms with E-state index in [1.54, 1.807) is 19.2 Å². The fourth-order valence-electron chi connectivity index (χ4n) is 1.54. The Balaban J connectivity index is 1.99. The van der Waals surface area contributed by atoms with Gasteiger partial charge < -0.3 is 10.1 Å². The van der Waals surface area contributed by atoms with Gasteiger partial charge in [-0.1, -0.05) is 12.1 Å². The van der Waals surface area contributed by atoms with Crippen molar-refractivity contribution in [3.05, 3.63) is 42.7 Å². The second-order valence-corrected chi connectivity index (χ2v) is 3.86. The largest absolute Gasteiger partial charge is 0.421 e. The molecular weight excluding hydrogens is 277 g/mol. The molecule has 0 aliphatic rings. The molecule has 0 aliphatic heterocycles. The number of para-hydroxylation sites is 1. The molecule has 0 bridgehead atoms. The summed E-state index contributed by atoms with van der Waals surface area (Å²) in [5.41, 5.74) is 0. The molecule has 0 saturated carbocycles. The molecule has 0 aliphatic carbocycles. The van der Waals surface area contributed by atoms with Crippen molar-refractivity contribution < 1.29 is 9.13 Å². The van der Waals surface area contributed by atoms with Gasteiger partial charge in [-0.2, -0.15) is 24.7 Å². The Labute approximate surface area is 118 Å². The maximum Gasteiger partial charge on any atom is 0.328 e. The first-order valence-corrected chi connectivity index (χ1v) is 5.97. The van der Waals surface area contributed by atoms with E-state index < -0.39 is 5.82 Å². The highest BCUT2D eigenvalue weighted by atomic mass is 19.1. The molecule has 1 aromatic carbocycles. The molecule has 8 nitrogen and oxygen atoms in total. The summed E-state index contributed by atoms with van der Waals surface area (Å²) in [7, 11) is 1.65. The van der Waals surface area contributed by atoms with Crippen molar-refractivity contribution in [1.29, 1.82) is 0 Å². The summed E-state index contributed by atoms with van der Waals surface area (Å²) in [4.78, 5) is 16.0. The van der Waals surface area contributed by atoms with Gasteiger partial charge in [-0.05, 0) is 12.1 Å². The third-order valence-corrected chi connectivity index (χ3v) is 2.49. The van der Waals surface area contributed by atoms with Crippen molar-refractivity contribution in [3.63, 3.8) is 0 Å². The van der Waals surface area contributed by atoms with Gasteiger partial charge in [0, 0.05) is 7.05 Å². The van der Waals surface area contributed by atoms with E-state index in [9.17, 15) is 4.39 Å². The molecule has 0 atom stereocenters. The SMILES string of the molecule is CNc1nc(Oc2ccccc2F)nc(-n2cncn2)n1. The molecule has 106 valence electrons. The summed E-state index contributed by atoms with van der Waals surface area (Å²) in [6.45, 7) is 0. The predicted octanol–water partition coefficient (Wildman–Crippen LogP) is 1.43. The minimum atomic E-state index is -0.508. The molecule has 0 unspecified atom stereocenters. The summed E-state index contributed by atoms with van der Waals surface area (Å²) in [5, 5.41) is 6.70. The van der Waals surface area contributed by atoms with Gasteiger partial charge in [0.1, 0.15) is 12.7 Å². The van der Waals surface area contributed by atoms with Crippen LogP contribution >= 0.6 is 0 Å². The highest BCUT2D eigenvalue weighted by molar-refractivity contribution is 5.32. The van der Waals surface area contributed by atoms with Crippen LogP contribution in [0.15, 0.2) is 36.9 Å². The Kier molecular flexibility index (Phi) is 3.37. The summed E-state index contributed by atoms with van der Waals surface area (Å²) < 4.78 is 20.3. The molecule has 0 spiro atoms. The smallest absolute Gasteiger partial charge is 0.328 e. The van der Waals surface area contributed by atoms with Crippen LogP contribution in [0.1, 0.15) is 0 Å². The highest BCUT2D eigenvalue weighted by Gasteiger charge is 2.11. The summed E-state index contributed by atoms with van der Waals surface area (Å²) in [6.07, 6.45) is 2.78. The Morgan fingerprint density at radius 1 is 1.19 bits per heavy atom. The third-order valence-electron chi connectivity index (χ3n) is 2.49. The van der Waals surface area contributed by atoms with Crippen LogP contribution in [0.2, 0.25) is 0 Å². The van der Waals surface area contributed by atoms with Crippen LogP contribution < -0.4 is 10.1 Å². The Morgan fingerprint density at radius 3 is 2.76 bits per heavy atom. The average Bonchev–Trinajstić information content (AvgIpc) is 3.04. The minimum absolute atomic E-state index is 0.0234. The number of nitrogens with zero attached hydrogens (tertiary/aromatic N) is 6. The molecular formula is C12H10FN7O. The minimum Gasteiger partial charge on any atom is -0.421 e. The van der Waals surface area contributed by atoms with E-state index in [1.165, 1.54) is 29.5 Å². The first-order chi connectivity index (χ1) is 10.3. The third kappa shape index (κ3) is 2.76. The number of aromatic nitrogens is 6. The monoisotopic (exact) mass is 287 g/mol. The summed E-state index contributed by atoms with van der Waals surface area (Å²) in [5.74, 6) is -0.0125. The van der Waals surface area contributed by atoms with Crippen LogP contribution in [-0.4, -0.2) is 36.8 Å². The lowest BCUT2D eigenvalue weighted by Gasteiger charge is -2.07. The summed E-state index contributed by atoms with van der Waals surface area (Å²) >= 11 is 0. The maximum atomic E-state index is 13.6. The van der Waals surface area contributed by atoms with Crippen molar-refractivity contribution >= 4 is 5.95 Å². The van der Waals surface area contributed by atoms with Gasteiger partial charge in [-0.15, -0.1) is 0 Å². The predicted molar refractivity (Wildman–Crippen MR) is 70.8 cm³/mol. The van der Waals surface area contributed by atoms with E-state index in [0.29, 0.717) is 0 Å². The zero-order valence-corrected chi connectivity index (χ0v) is 10.9. The number of rotatable bonds is 4. The molecule has 2 heterocycles. The van der Waals surface area contributed by atoms with Gasteiger partial charge in [0.25, 0.3) is 5.95 Å².